The SMILES string of the molecule is COCCN1C(=O)/C(=C\c2ccc(OC)c(OC)c2OC)SC1=Nc1ccc(OC)cc1. The van der Waals surface area contributed by atoms with Crippen LogP contribution in [-0.4, -0.2) is 64.7 Å². The molecular formula is C23H26N2O6S. The van der Waals surface area contributed by atoms with Crippen LogP contribution in [0.3, 0.4) is 0 Å². The summed E-state index contributed by atoms with van der Waals surface area (Å²) in [6.45, 7) is 0.776. The van der Waals surface area contributed by atoms with Crippen LogP contribution in [0.2, 0.25) is 0 Å². The number of carbonyl (C=O) groups is 1. The van der Waals surface area contributed by atoms with E-state index in [1.807, 2.05) is 30.3 Å². The van der Waals surface area contributed by atoms with Crippen LogP contribution < -0.4 is 18.9 Å². The second-order valence-corrected chi connectivity index (χ2v) is 7.59. The number of thioether (sulfide) groups is 1. The van der Waals surface area contributed by atoms with E-state index < -0.39 is 0 Å². The zero-order valence-corrected chi connectivity index (χ0v) is 19.5. The Kier molecular flexibility index (Phi) is 8.02. The van der Waals surface area contributed by atoms with Gasteiger partial charge in [0, 0.05) is 12.7 Å². The zero-order valence-electron chi connectivity index (χ0n) is 18.7. The first-order valence-corrected chi connectivity index (χ1v) is 10.6. The van der Waals surface area contributed by atoms with Gasteiger partial charge in [-0.3, -0.25) is 9.69 Å². The van der Waals surface area contributed by atoms with Gasteiger partial charge in [-0.15, -0.1) is 0 Å². The molecule has 0 aliphatic carbocycles. The fraction of sp³-hybridized carbons (Fsp3) is 0.304. The number of amidine groups is 1. The van der Waals surface area contributed by atoms with Crippen LogP contribution in [0.15, 0.2) is 46.3 Å². The molecule has 2 aromatic carbocycles. The van der Waals surface area contributed by atoms with Crippen LogP contribution in [0.1, 0.15) is 5.56 Å². The van der Waals surface area contributed by atoms with Crippen LogP contribution in [0.25, 0.3) is 6.08 Å². The van der Waals surface area contributed by atoms with Gasteiger partial charge in [-0.05, 0) is 54.2 Å². The Labute approximate surface area is 191 Å². The molecule has 0 radical (unpaired) electrons. The first-order chi connectivity index (χ1) is 15.6. The molecule has 0 atom stereocenters. The molecule has 1 saturated heterocycles. The summed E-state index contributed by atoms with van der Waals surface area (Å²) in [5, 5.41) is 0.572. The van der Waals surface area contributed by atoms with E-state index in [-0.39, 0.29) is 5.91 Å². The van der Waals surface area contributed by atoms with Gasteiger partial charge in [-0.2, -0.15) is 0 Å². The zero-order chi connectivity index (χ0) is 23.1. The molecule has 0 aromatic heterocycles. The van der Waals surface area contributed by atoms with Gasteiger partial charge in [-0.1, -0.05) is 0 Å². The van der Waals surface area contributed by atoms with E-state index >= 15 is 0 Å². The minimum absolute atomic E-state index is 0.156. The van der Waals surface area contributed by atoms with E-state index in [2.05, 4.69) is 4.99 Å². The van der Waals surface area contributed by atoms with E-state index in [0.29, 0.717) is 51.7 Å². The fourth-order valence-electron chi connectivity index (χ4n) is 3.12. The molecule has 0 saturated carbocycles. The summed E-state index contributed by atoms with van der Waals surface area (Å²) < 4.78 is 26.7. The van der Waals surface area contributed by atoms with Crippen molar-refractivity contribution in [1.82, 2.24) is 4.90 Å². The molecule has 1 aliphatic rings. The van der Waals surface area contributed by atoms with Gasteiger partial charge in [0.1, 0.15) is 5.75 Å². The van der Waals surface area contributed by atoms with Crippen LogP contribution in [-0.2, 0) is 9.53 Å². The minimum atomic E-state index is -0.156. The van der Waals surface area contributed by atoms with Crippen LogP contribution in [0.4, 0.5) is 5.69 Å². The maximum atomic E-state index is 13.2. The van der Waals surface area contributed by atoms with Gasteiger partial charge in [0.05, 0.1) is 52.2 Å². The largest absolute Gasteiger partial charge is 0.497 e. The molecule has 170 valence electrons. The maximum absolute atomic E-state index is 13.2. The molecule has 0 spiro atoms. The number of rotatable bonds is 9. The highest BCUT2D eigenvalue weighted by atomic mass is 32.2. The third-order valence-corrected chi connectivity index (χ3v) is 5.73. The summed E-state index contributed by atoms with van der Waals surface area (Å²) >= 11 is 1.29. The number of ether oxygens (including phenoxy) is 5. The highest BCUT2D eigenvalue weighted by Crippen LogP contribution is 2.42. The number of methoxy groups -OCH3 is 5. The Morgan fingerprint density at radius 2 is 1.62 bits per heavy atom. The molecule has 0 bridgehead atoms. The number of benzene rings is 2. The smallest absolute Gasteiger partial charge is 0.266 e. The van der Waals surface area contributed by atoms with E-state index in [1.165, 1.54) is 11.8 Å². The third-order valence-electron chi connectivity index (χ3n) is 4.73. The minimum Gasteiger partial charge on any atom is -0.497 e. The summed E-state index contributed by atoms with van der Waals surface area (Å²) in [7, 11) is 7.85. The van der Waals surface area contributed by atoms with Crippen LogP contribution in [0.5, 0.6) is 23.0 Å². The summed E-state index contributed by atoms with van der Waals surface area (Å²) in [5.74, 6) is 2.07. The molecule has 1 aliphatic heterocycles. The lowest BCUT2D eigenvalue weighted by Gasteiger charge is -2.15. The Morgan fingerprint density at radius 3 is 2.22 bits per heavy atom. The molecule has 0 unspecified atom stereocenters. The summed E-state index contributed by atoms with van der Waals surface area (Å²) in [6, 6.07) is 10.9. The molecule has 9 heteroatoms. The van der Waals surface area contributed by atoms with E-state index in [4.69, 9.17) is 23.7 Å². The Bertz CT molecular complexity index is 1020. The predicted molar refractivity (Wildman–Crippen MR) is 125 cm³/mol. The monoisotopic (exact) mass is 458 g/mol. The van der Waals surface area contributed by atoms with Crippen LogP contribution >= 0.6 is 11.8 Å². The molecule has 0 N–H and O–H groups in total. The average Bonchev–Trinajstić information content (AvgIpc) is 3.11. The molecule has 1 amide bonds. The lowest BCUT2D eigenvalue weighted by Crippen LogP contribution is -2.32. The summed E-state index contributed by atoms with van der Waals surface area (Å²) in [6.07, 6.45) is 1.77. The van der Waals surface area contributed by atoms with Gasteiger partial charge >= 0.3 is 0 Å². The number of amides is 1. The maximum Gasteiger partial charge on any atom is 0.266 e. The van der Waals surface area contributed by atoms with Crippen molar-refractivity contribution < 1.29 is 28.5 Å². The highest BCUT2D eigenvalue weighted by molar-refractivity contribution is 8.18. The van der Waals surface area contributed by atoms with Crippen LogP contribution in [0, 0.1) is 0 Å². The number of aliphatic imine (C=N–C) groups is 1. The highest BCUT2D eigenvalue weighted by Gasteiger charge is 2.33. The number of hydrogen-bond donors (Lipinski definition) is 0. The van der Waals surface area contributed by atoms with Gasteiger partial charge in [0.15, 0.2) is 16.7 Å². The predicted octanol–water partition coefficient (Wildman–Crippen LogP) is 3.97. The van der Waals surface area contributed by atoms with Gasteiger partial charge < -0.3 is 23.7 Å². The molecule has 1 heterocycles. The Morgan fingerprint density at radius 1 is 0.906 bits per heavy atom. The van der Waals surface area contributed by atoms with Crippen molar-refractivity contribution in [2.75, 3.05) is 48.7 Å². The lowest BCUT2D eigenvalue weighted by atomic mass is 10.1. The molecule has 3 rings (SSSR count). The lowest BCUT2D eigenvalue weighted by molar-refractivity contribution is -0.122. The Hall–Kier alpha value is -3.17. The summed E-state index contributed by atoms with van der Waals surface area (Å²) in [4.78, 5) is 20.0. The van der Waals surface area contributed by atoms with Gasteiger partial charge in [-0.25, -0.2) is 4.99 Å². The fourth-order valence-corrected chi connectivity index (χ4v) is 4.13. The van der Waals surface area contributed by atoms with E-state index in [1.54, 1.807) is 52.6 Å². The Balaban J connectivity index is 1.99. The van der Waals surface area contributed by atoms with Gasteiger partial charge in [0.25, 0.3) is 5.91 Å². The number of nitrogens with zero attached hydrogens (tertiary/aromatic N) is 2. The van der Waals surface area contributed by atoms with Crippen molar-refractivity contribution in [3.63, 3.8) is 0 Å². The first kappa shape index (κ1) is 23.5. The first-order valence-electron chi connectivity index (χ1n) is 9.78. The average molecular weight is 459 g/mol. The topological polar surface area (TPSA) is 78.8 Å². The molecule has 32 heavy (non-hydrogen) atoms. The van der Waals surface area contributed by atoms with Gasteiger partial charge in [0.2, 0.25) is 5.75 Å². The van der Waals surface area contributed by atoms with Crippen molar-refractivity contribution in [2.24, 2.45) is 4.99 Å². The van der Waals surface area contributed by atoms with E-state index in [0.717, 1.165) is 5.75 Å². The second kappa shape index (κ2) is 10.9. The number of hydrogen-bond acceptors (Lipinski definition) is 8. The van der Waals surface area contributed by atoms with Crippen molar-refractivity contribution in [2.45, 2.75) is 0 Å². The quantitative estimate of drug-likeness (QED) is 0.526. The molecule has 8 nitrogen and oxygen atoms in total. The van der Waals surface area contributed by atoms with E-state index in [9.17, 15) is 4.79 Å². The van der Waals surface area contributed by atoms with Crippen molar-refractivity contribution in [1.29, 1.82) is 0 Å². The number of carbonyl (C=O) groups excluding carboxylic acids is 1. The standard InChI is InChI=1S/C23H26N2O6S/c1-27-13-12-25-22(26)19(32-23(25)24-16-7-9-17(28-2)10-8-16)14-15-6-11-18(29-3)21(31-5)20(15)30-4/h6-11,14H,12-13H2,1-5H3/b19-14+,24-23?. The second-order valence-electron chi connectivity index (χ2n) is 6.58. The normalized spacial score (nSPS) is 16.0. The van der Waals surface area contributed by atoms with Crippen molar-refractivity contribution in [3.05, 3.63) is 46.9 Å². The third kappa shape index (κ3) is 5.00. The van der Waals surface area contributed by atoms with Crippen molar-refractivity contribution >= 4 is 34.6 Å². The molecular weight excluding hydrogens is 432 g/mol. The molecule has 2 aromatic rings. The molecule has 1 fully saturated rings. The summed E-state index contributed by atoms with van der Waals surface area (Å²) in [5.41, 5.74) is 1.41. The van der Waals surface area contributed by atoms with Crippen molar-refractivity contribution in [3.8, 4) is 23.0 Å².